The number of nitrogens with zero attached hydrogens (tertiary/aromatic N) is 1. The highest BCUT2D eigenvalue weighted by molar-refractivity contribution is 5.85. The average molecular weight is 234 g/mol. The van der Waals surface area contributed by atoms with Gasteiger partial charge < -0.3 is 4.74 Å². The summed E-state index contributed by atoms with van der Waals surface area (Å²) in [5, 5.41) is 1.35. The Kier molecular flexibility index (Phi) is 2.99. The van der Waals surface area contributed by atoms with Crippen molar-refractivity contribution in [2.75, 3.05) is 0 Å². The molecule has 1 aromatic rings. The van der Waals surface area contributed by atoms with Crippen molar-refractivity contribution >= 4 is 11.8 Å². The van der Waals surface area contributed by atoms with Crippen LogP contribution in [0.2, 0.25) is 0 Å². The first-order chi connectivity index (χ1) is 8.06. The Morgan fingerprint density at radius 3 is 2.24 bits per heavy atom. The number of amides is 2. The van der Waals surface area contributed by atoms with E-state index in [-0.39, 0.29) is 17.9 Å². The summed E-state index contributed by atoms with van der Waals surface area (Å²) < 4.78 is 5.01. The van der Waals surface area contributed by atoms with Crippen LogP contribution in [0.5, 0.6) is 11.5 Å². The van der Waals surface area contributed by atoms with E-state index in [9.17, 15) is 9.59 Å². The van der Waals surface area contributed by atoms with Gasteiger partial charge in [0.25, 0.3) is 0 Å². The summed E-state index contributed by atoms with van der Waals surface area (Å²) in [6.45, 7) is 3.27. The van der Waals surface area contributed by atoms with E-state index in [1.165, 1.54) is 11.9 Å². The quantitative estimate of drug-likeness (QED) is 0.760. The number of rotatable bonds is 1. The Hall–Kier alpha value is -2.04. The summed E-state index contributed by atoms with van der Waals surface area (Å²) in [5.74, 6) is 1.76. The number of nitrogens with one attached hydrogen (secondary N) is 1. The second kappa shape index (κ2) is 4.45. The van der Waals surface area contributed by atoms with Crippen molar-refractivity contribution in [1.82, 2.24) is 10.4 Å². The first-order valence-electron chi connectivity index (χ1n) is 5.43. The predicted molar refractivity (Wildman–Crippen MR) is 61.3 cm³/mol. The zero-order chi connectivity index (χ0) is 12.4. The van der Waals surface area contributed by atoms with Crippen LogP contribution in [0, 0.1) is 0 Å². The van der Waals surface area contributed by atoms with Crippen LogP contribution < -0.4 is 10.2 Å². The molecule has 0 radical (unpaired) electrons. The van der Waals surface area contributed by atoms with E-state index in [0.29, 0.717) is 6.42 Å². The largest absolute Gasteiger partial charge is 0.457 e. The van der Waals surface area contributed by atoms with Crippen LogP contribution >= 0.6 is 0 Å². The molecule has 17 heavy (non-hydrogen) atoms. The molecule has 90 valence electrons. The highest BCUT2D eigenvalue weighted by atomic mass is 16.5. The molecule has 0 aliphatic carbocycles. The van der Waals surface area contributed by atoms with Gasteiger partial charge in [-0.05, 0) is 19.1 Å². The van der Waals surface area contributed by atoms with E-state index in [1.807, 2.05) is 31.2 Å². The Balaban J connectivity index is 0.000000134. The topological polar surface area (TPSA) is 58.6 Å². The zero-order valence-corrected chi connectivity index (χ0v) is 9.77. The highest BCUT2D eigenvalue weighted by Crippen LogP contribution is 2.32. The third-order valence-corrected chi connectivity index (χ3v) is 2.50. The standard InChI is InChI=1S/C6H10N2O2.C6H4O/c1-4-3-6(10)8(4)7-5(2)9;1-2-5-4-6(3-1)7-5/h4H,3H2,1-2H3,(H,7,9);1-4H. The van der Waals surface area contributed by atoms with E-state index in [4.69, 9.17) is 4.74 Å². The van der Waals surface area contributed by atoms with Gasteiger partial charge in [-0.25, -0.2) is 0 Å². The van der Waals surface area contributed by atoms with Crippen LogP contribution in [0.15, 0.2) is 24.3 Å². The fraction of sp³-hybridized carbons (Fsp3) is 0.333. The van der Waals surface area contributed by atoms with Gasteiger partial charge >= 0.3 is 0 Å². The zero-order valence-electron chi connectivity index (χ0n) is 9.77. The molecule has 1 saturated heterocycles. The number of carbonyl (C=O) groups excluding carboxylic acids is 2. The molecule has 2 bridgehead atoms. The van der Waals surface area contributed by atoms with E-state index in [1.54, 1.807) is 0 Å². The highest BCUT2D eigenvalue weighted by Gasteiger charge is 2.32. The number of hydrogen-bond acceptors (Lipinski definition) is 3. The molecule has 1 N–H and O–H groups in total. The minimum absolute atomic E-state index is 0.0114. The summed E-state index contributed by atoms with van der Waals surface area (Å²) >= 11 is 0. The molecule has 0 saturated carbocycles. The second-order valence-corrected chi connectivity index (χ2v) is 4.06. The lowest BCUT2D eigenvalue weighted by Crippen LogP contribution is -2.59. The summed E-state index contributed by atoms with van der Waals surface area (Å²) in [6, 6.07) is 8.02. The maximum Gasteiger partial charge on any atom is 0.243 e. The number of hydrogen-bond donors (Lipinski definition) is 1. The van der Waals surface area contributed by atoms with Crippen molar-refractivity contribution < 1.29 is 14.3 Å². The fourth-order valence-corrected chi connectivity index (χ4v) is 1.60. The Morgan fingerprint density at radius 1 is 1.47 bits per heavy atom. The molecular formula is C12H14N2O3. The monoisotopic (exact) mass is 234 g/mol. The SMILES string of the molecule is CC(=O)NN1C(=O)CC1C.c1cc2cc(c1)O2. The molecular weight excluding hydrogens is 220 g/mol. The van der Waals surface area contributed by atoms with Crippen LogP contribution in [0.4, 0.5) is 0 Å². The van der Waals surface area contributed by atoms with Gasteiger partial charge in [0.05, 0.1) is 12.5 Å². The van der Waals surface area contributed by atoms with Gasteiger partial charge in [0, 0.05) is 13.0 Å². The first-order valence-corrected chi connectivity index (χ1v) is 5.43. The minimum Gasteiger partial charge on any atom is -0.457 e. The summed E-state index contributed by atoms with van der Waals surface area (Å²) in [6.07, 6.45) is 0.542. The van der Waals surface area contributed by atoms with Crippen LogP contribution in [0.3, 0.4) is 0 Å². The molecule has 1 unspecified atom stereocenters. The van der Waals surface area contributed by atoms with Crippen molar-refractivity contribution in [2.24, 2.45) is 0 Å². The van der Waals surface area contributed by atoms with Gasteiger partial charge in [-0.15, -0.1) is 0 Å². The van der Waals surface area contributed by atoms with Crippen molar-refractivity contribution in [1.29, 1.82) is 0 Å². The van der Waals surface area contributed by atoms with E-state index in [2.05, 4.69) is 5.43 Å². The van der Waals surface area contributed by atoms with Crippen LogP contribution in [0.1, 0.15) is 20.3 Å². The molecule has 5 heteroatoms. The normalized spacial score (nSPS) is 19.1. The second-order valence-electron chi connectivity index (χ2n) is 4.06. The molecule has 3 aliphatic heterocycles. The molecule has 0 aromatic heterocycles. The van der Waals surface area contributed by atoms with Crippen LogP contribution in [-0.2, 0) is 9.59 Å². The van der Waals surface area contributed by atoms with Gasteiger partial charge in [0.1, 0.15) is 11.5 Å². The van der Waals surface area contributed by atoms with E-state index >= 15 is 0 Å². The lowest BCUT2D eigenvalue weighted by molar-refractivity contribution is -0.155. The lowest BCUT2D eigenvalue weighted by atomic mass is 10.1. The Bertz CT molecular complexity index is 434. The van der Waals surface area contributed by atoms with Crippen molar-refractivity contribution in [3.05, 3.63) is 24.3 Å². The molecule has 2 amide bonds. The molecule has 3 aliphatic rings. The van der Waals surface area contributed by atoms with Gasteiger partial charge in [-0.1, -0.05) is 6.07 Å². The van der Waals surface area contributed by atoms with Gasteiger partial charge in [-0.3, -0.25) is 20.0 Å². The maximum atomic E-state index is 10.7. The van der Waals surface area contributed by atoms with E-state index < -0.39 is 0 Å². The molecule has 1 fully saturated rings. The molecule has 1 aromatic carbocycles. The van der Waals surface area contributed by atoms with Gasteiger partial charge in [0.2, 0.25) is 11.8 Å². The number of fused-ring (bicyclic) bond motifs is 2. The van der Waals surface area contributed by atoms with Crippen molar-refractivity contribution in [2.45, 2.75) is 26.3 Å². The number of benzene rings is 1. The average Bonchev–Trinajstić information content (AvgIpc) is 2.27. The summed E-state index contributed by atoms with van der Waals surface area (Å²) in [7, 11) is 0. The third-order valence-electron chi connectivity index (χ3n) is 2.50. The van der Waals surface area contributed by atoms with Crippen LogP contribution in [0.25, 0.3) is 0 Å². The Morgan fingerprint density at radius 2 is 2.06 bits per heavy atom. The minimum atomic E-state index is -0.195. The smallest absolute Gasteiger partial charge is 0.243 e. The van der Waals surface area contributed by atoms with Crippen LogP contribution in [-0.4, -0.2) is 22.9 Å². The van der Waals surface area contributed by atoms with E-state index in [0.717, 1.165) is 11.5 Å². The lowest BCUT2D eigenvalue weighted by Gasteiger charge is -2.37. The third kappa shape index (κ3) is 2.55. The maximum absolute atomic E-state index is 10.7. The van der Waals surface area contributed by atoms with Crippen molar-refractivity contribution in [3.63, 3.8) is 0 Å². The molecule has 5 nitrogen and oxygen atoms in total. The number of hydrazine groups is 1. The number of carbonyl (C=O) groups is 2. The van der Waals surface area contributed by atoms with Crippen molar-refractivity contribution in [3.8, 4) is 11.5 Å². The van der Waals surface area contributed by atoms with Gasteiger partial charge in [-0.2, -0.15) is 0 Å². The Labute approximate surface area is 99.3 Å². The molecule has 0 spiro atoms. The molecule has 4 rings (SSSR count). The molecule has 3 heterocycles. The number of β-lactam (4-membered cyclic amide) rings is 1. The number of ether oxygens (including phenoxy) is 1. The van der Waals surface area contributed by atoms with Gasteiger partial charge in [0.15, 0.2) is 0 Å². The summed E-state index contributed by atoms with van der Waals surface area (Å²) in [4.78, 5) is 21.1. The molecule has 1 atom stereocenters. The predicted octanol–water partition coefficient (Wildman–Crippen LogP) is 1.45. The fourth-order valence-electron chi connectivity index (χ4n) is 1.60. The first kappa shape index (κ1) is 11.4. The summed E-state index contributed by atoms with van der Waals surface area (Å²) in [5.41, 5.74) is 2.42.